The average Bonchev–Trinajstić information content (AvgIpc) is 3.66. The van der Waals surface area contributed by atoms with Crippen molar-refractivity contribution < 1.29 is 0 Å². The van der Waals surface area contributed by atoms with Crippen molar-refractivity contribution in [2.75, 3.05) is 0 Å². The zero-order chi connectivity index (χ0) is 39.1. The highest BCUT2D eigenvalue weighted by Crippen LogP contribution is 2.42. The monoisotopic (exact) mass is 754 g/mol. The Morgan fingerprint density at radius 2 is 0.814 bits per heavy atom. The maximum Gasteiger partial charge on any atom is 0.166 e. The number of hydrogen-bond acceptors (Lipinski definition) is 5. The van der Waals surface area contributed by atoms with Crippen LogP contribution in [0.5, 0.6) is 0 Å². The Labute approximate surface area is 340 Å². The standard InChI is InChI=1S/C53H34N6/c1-5-18-35(19-6-1)40-28-17-31-47-48(40)42-27-14-16-30-45(42)59(47)46-33-32-39(49-41-26-13-15-29-44(41)54-50(55-49)36-20-7-2-8-21-36)34-43(46)53-57-51(37-22-9-3-10-23-37)56-52(58-53)38-24-11-4-12-25-38/h1-34H. The molecule has 11 rings (SSSR count). The summed E-state index contributed by atoms with van der Waals surface area (Å²) in [5.74, 6) is 2.41. The third-order valence-corrected chi connectivity index (χ3v) is 10.9. The molecule has 0 fully saturated rings. The predicted octanol–water partition coefficient (Wildman–Crippen LogP) is 12.9. The summed E-state index contributed by atoms with van der Waals surface area (Å²) in [6, 6.07) is 71.0. The van der Waals surface area contributed by atoms with E-state index < -0.39 is 0 Å². The molecular weight excluding hydrogens is 721 g/mol. The van der Waals surface area contributed by atoms with Gasteiger partial charge in [0.15, 0.2) is 23.3 Å². The van der Waals surface area contributed by atoms with Gasteiger partial charge in [-0.3, -0.25) is 0 Å². The van der Waals surface area contributed by atoms with E-state index in [2.05, 4.69) is 120 Å². The van der Waals surface area contributed by atoms with Crippen LogP contribution >= 0.6 is 0 Å². The van der Waals surface area contributed by atoms with Gasteiger partial charge in [-0.2, -0.15) is 0 Å². The highest BCUT2D eigenvalue weighted by Gasteiger charge is 2.23. The lowest BCUT2D eigenvalue weighted by molar-refractivity contribution is 1.06. The van der Waals surface area contributed by atoms with Gasteiger partial charge in [0.1, 0.15) is 0 Å². The molecule has 8 aromatic carbocycles. The van der Waals surface area contributed by atoms with E-state index in [1.165, 1.54) is 16.5 Å². The van der Waals surface area contributed by atoms with Gasteiger partial charge in [0.05, 0.1) is 27.9 Å². The van der Waals surface area contributed by atoms with Gasteiger partial charge in [-0.05, 0) is 41.5 Å². The van der Waals surface area contributed by atoms with Gasteiger partial charge in [0.25, 0.3) is 0 Å². The van der Waals surface area contributed by atoms with Crippen molar-refractivity contribution >= 4 is 32.7 Å². The Hall–Kier alpha value is -8.09. The van der Waals surface area contributed by atoms with Crippen molar-refractivity contribution in [3.63, 3.8) is 0 Å². The average molecular weight is 755 g/mol. The Morgan fingerprint density at radius 3 is 1.46 bits per heavy atom. The van der Waals surface area contributed by atoms with Crippen molar-refractivity contribution in [1.82, 2.24) is 29.5 Å². The minimum atomic E-state index is 0.557. The molecule has 6 heteroatoms. The molecule has 276 valence electrons. The highest BCUT2D eigenvalue weighted by atomic mass is 15.1. The maximum absolute atomic E-state index is 5.29. The van der Waals surface area contributed by atoms with Gasteiger partial charge in [-0.1, -0.05) is 176 Å². The summed E-state index contributed by atoms with van der Waals surface area (Å²) >= 11 is 0. The molecule has 0 aliphatic carbocycles. The van der Waals surface area contributed by atoms with Crippen molar-refractivity contribution in [2.45, 2.75) is 0 Å². The zero-order valence-electron chi connectivity index (χ0n) is 31.8. The van der Waals surface area contributed by atoms with E-state index in [1.807, 2.05) is 91.0 Å². The number of rotatable bonds is 7. The fraction of sp³-hybridized carbons (Fsp3) is 0. The number of benzene rings is 8. The van der Waals surface area contributed by atoms with Crippen LogP contribution in [0.3, 0.4) is 0 Å². The van der Waals surface area contributed by atoms with Crippen LogP contribution in [0.2, 0.25) is 0 Å². The molecular formula is C53H34N6. The molecule has 0 N–H and O–H groups in total. The first-order valence-corrected chi connectivity index (χ1v) is 19.7. The van der Waals surface area contributed by atoms with Crippen LogP contribution in [0.15, 0.2) is 206 Å². The van der Waals surface area contributed by atoms with Crippen molar-refractivity contribution in [2.24, 2.45) is 0 Å². The highest BCUT2D eigenvalue weighted by molar-refractivity contribution is 6.16. The van der Waals surface area contributed by atoms with Crippen molar-refractivity contribution in [1.29, 1.82) is 0 Å². The fourth-order valence-corrected chi connectivity index (χ4v) is 8.14. The zero-order valence-corrected chi connectivity index (χ0v) is 31.8. The molecule has 3 aromatic heterocycles. The Bertz CT molecular complexity index is 3250. The molecule has 0 atom stereocenters. The first-order valence-electron chi connectivity index (χ1n) is 19.7. The van der Waals surface area contributed by atoms with E-state index in [-0.39, 0.29) is 0 Å². The lowest BCUT2D eigenvalue weighted by Crippen LogP contribution is -2.04. The summed E-state index contributed by atoms with van der Waals surface area (Å²) in [6.45, 7) is 0. The van der Waals surface area contributed by atoms with Gasteiger partial charge in [-0.25, -0.2) is 24.9 Å². The lowest BCUT2D eigenvalue weighted by atomic mass is 9.99. The lowest BCUT2D eigenvalue weighted by Gasteiger charge is -2.17. The third-order valence-electron chi connectivity index (χ3n) is 10.9. The van der Waals surface area contributed by atoms with Crippen LogP contribution in [0.4, 0.5) is 0 Å². The van der Waals surface area contributed by atoms with Crippen LogP contribution in [0.25, 0.3) is 106 Å². The summed E-state index contributed by atoms with van der Waals surface area (Å²) in [6.07, 6.45) is 0. The molecule has 0 bridgehead atoms. The fourth-order valence-electron chi connectivity index (χ4n) is 8.14. The molecule has 0 spiro atoms. The molecule has 0 amide bonds. The molecule has 59 heavy (non-hydrogen) atoms. The maximum atomic E-state index is 5.29. The van der Waals surface area contributed by atoms with Crippen LogP contribution in [-0.2, 0) is 0 Å². The number of fused-ring (bicyclic) bond motifs is 4. The van der Waals surface area contributed by atoms with Gasteiger partial charge >= 0.3 is 0 Å². The molecule has 6 nitrogen and oxygen atoms in total. The number of para-hydroxylation sites is 2. The summed E-state index contributed by atoms with van der Waals surface area (Å²) in [5, 5.41) is 3.31. The number of nitrogens with zero attached hydrogens (tertiary/aromatic N) is 6. The van der Waals surface area contributed by atoms with E-state index in [0.717, 1.165) is 66.5 Å². The van der Waals surface area contributed by atoms with Gasteiger partial charge in [-0.15, -0.1) is 0 Å². The van der Waals surface area contributed by atoms with Gasteiger partial charge in [0, 0.05) is 44.0 Å². The second-order valence-electron chi connectivity index (χ2n) is 14.5. The molecule has 0 unspecified atom stereocenters. The van der Waals surface area contributed by atoms with Gasteiger partial charge < -0.3 is 4.57 Å². The summed E-state index contributed by atoms with van der Waals surface area (Å²) in [4.78, 5) is 25.9. The van der Waals surface area contributed by atoms with Gasteiger partial charge in [0.2, 0.25) is 0 Å². The largest absolute Gasteiger partial charge is 0.308 e. The predicted molar refractivity (Wildman–Crippen MR) is 240 cm³/mol. The van der Waals surface area contributed by atoms with Crippen LogP contribution in [-0.4, -0.2) is 29.5 Å². The second-order valence-corrected chi connectivity index (χ2v) is 14.5. The quantitative estimate of drug-likeness (QED) is 0.162. The van der Waals surface area contributed by atoms with E-state index in [1.54, 1.807) is 0 Å². The van der Waals surface area contributed by atoms with E-state index in [0.29, 0.717) is 23.3 Å². The smallest absolute Gasteiger partial charge is 0.166 e. The normalized spacial score (nSPS) is 11.4. The molecule has 0 aliphatic rings. The molecule has 11 aromatic rings. The van der Waals surface area contributed by atoms with Crippen molar-refractivity contribution in [3.05, 3.63) is 206 Å². The Kier molecular flexibility index (Phi) is 8.37. The molecule has 0 radical (unpaired) electrons. The van der Waals surface area contributed by atoms with E-state index in [9.17, 15) is 0 Å². The first-order chi connectivity index (χ1) is 29.3. The first kappa shape index (κ1) is 34.2. The minimum absolute atomic E-state index is 0.557. The minimum Gasteiger partial charge on any atom is -0.308 e. The molecule has 0 aliphatic heterocycles. The molecule has 3 heterocycles. The third kappa shape index (κ3) is 6.11. The Balaban J connectivity index is 1.24. The number of aromatic nitrogens is 6. The van der Waals surface area contributed by atoms with Crippen LogP contribution < -0.4 is 0 Å². The summed E-state index contributed by atoms with van der Waals surface area (Å²) in [5.41, 5.74) is 11.7. The van der Waals surface area contributed by atoms with Crippen LogP contribution in [0, 0.1) is 0 Å². The Morgan fingerprint density at radius 1 is 0.305 bits per heavy atom. The van der Waals surface area contributed by atoms with Crippen LogP contribution in [0.1, 0.15) is 0 Å². The SMILES string of the molecule is c1ccc(-c2nc(-c3ccccc3)nc(-c3cc(-c4nc(-c5ccccc5)nc5ccccc45)ccc3-n3c4ccccc4c4c(-c5ccccc5)cccc43)n2)cc1. The number of hydrogen-bond donors (Lipinski definition) is 0. The summed E-state index contributed by atoms with van der Waals surface area (Å²) < 4.78 is 2.36. The summed E-state index contributed by atoms with van der Waals surface area (Å²) in [7, 11) is 0. The topological polar surface area (TPSA) is 69.4 Å². The van der Waals surface area contributed by atoms with E-state index >= 15 is 0 Å². The van der Waals surface area contributed by atoms with E-state index in [4.69, 9.17) is 24.9 Å². The second kappa shape index (κ2) is 14.4. The van der Waals surface area contributed by atoms with Crippen molar-refractivity contribution in [3.8, 4) is 73.6 Å². The molecule has 0 saturated carbocycles. The molecule has 0 saturated heterocycles.